The van der Waals surface area contributed by atoms with Crippen LogP contribution >= 0.6 is 15.9 Å². The number of imidazole rings is 1. The average molecular weight is 212 g/mol. The molecule has 3 nitrogen and oxygen atoms in total. The molecule has 56 valence electrons. The van der Waals surface area contributed by atoms with Crippen molar-refractivity contribution >= 4 is 21.6 Å². The first-order valence-electron chi connectivity index (χ1n) is 3.24. The first-order valence-corrected chi connectivity index (χ1v) is 4.36. The van der Waals surface area contributed by atoms with Gasteiger partial charge in [-0.25, -0.2) is 9.50 Å². The molecule has 0 aliphatic heterocycles. The van der Waals surface area contributed by atoms with E-state index in [1.165, 1.54) is 0 Å². The van der Waals surface area contributed by atoms with E-state index in [0.717, 1.165) is 16.5 Å². The molecule has 0 spiro atoms. The number of aromatic nitrogens is 3. The van der Waals surface area contributed by atoms with Crippen LogP contribution in [-0.4, -0.2) is 14.6 Å². The summed E-state index contributed by atoms with van der Waals surface area (Å²) in [6, 6.07) is 2.00. The Labute approximate surface area is 72.2 Å². The number of fused-ring (bicyclic) bond motifs is 1. The van der Waals surface area contributed by atoms with Gasteiger partial charge in [-0.15, -0.1) is 0 Å². The van der Waals surface area contributed by atoms with E-state index in [-0.39, 0.29) is 0 Å². The van der Waals surface area contributed by atoms with Crippen LogP contribution in [0.4, 0.5) is 0 Å². The van der Waals surface area contributed by atoms with Crippen LogP contribution in [0, 0.1) is 0 Å². The fraction of sp³-hybridized carbons (Fsp3) is 0.143. The summed E-state index contributed by atoms with van der Waals surface area (Å²) in [5, 5.41) is 4.96. The average Bonchev–Trinajstić information content (AvgIpc) is 2.50. The number of halogens is 1. The van der Waals surface area contributed by atoms with Crippen LogP contribution in [0.5, 0.6) is 0 Å². The van der Waals surface area contributed by atoms with Crippen molar-refractivity contribution in [1.29, 1.82) is 0 Å². The van der Waals surface area contributed by atoms with Crippen molar-refractivity contribution in [3.8, 4) is 0 Å². The molecule has 0 amide bonds. The summed E-state index contributed by atoms with van der Waals surface area (Å²) in [5.41, 5.74) is 2.03. The zero-order valence-corrected chi connectivity index (χ0v) is 7.32. The molecule has 2 rings (SSSR count). The SMILES string of the molecule is BrCc1cnn2ccnc2c1. The van der Waals surface area contributed by atoms with Crippen molar-refractivity contribution in [3.63, 3.8) is 0 Å². The van der Waals surface area contributed by atoms with E-state index in [0.29, 0.717) is 0 Å². The van der Waals surface area contributed by atoms with Crippen LogP contribution < -0.4 is 0 Å². The van der Waals surface area contributed by atoms with Crippen LogP contribution in [0.25, 0.3) is 5.65 Å². The third-order valence-corrected chi connectivity index (χ3v) is 2.11. The number of alkyl halides is 1. The highest BCUT2D eigenvalue weighted by atomic mass is 79.9. The van der Waals surface area contributed by atoms with Crippen LogP contribution in [0.2, 0.25) is 0 Å². The highest BCUT2D eigenvalue weighted by Gasteiger charge is 1.95. The Hall–Kier alpha value is -0.900. The van der Waals surface area contributed by atoms with Crippen LogP contribution in [0.3, 0.4) is 0 Å². The molecule has 0 N–H and O–H groups in total. The monoisotopic (exact) mass is 211 g/mol. The molecule has 0 aliphatic rings. The predicted octanol–water partition coefficient (Wildman–Crippen LogP) is 1.62. The van der Waals surface area contributed by atoms with Crippen LogP contribution in [0.1, 0.15) is 5.56 Å². The van der Waals surface area contributed by atoms with Gasteiger partial charge in [-0.2, -0.15) is 5.10 Å². The molecule has 0 radical (unpaired) electrons. The third kappa shape index (κ3) is 1.14. The highest BCUT2D eigenvalue weighted by Crippen LogP contribution is 2.05. The lowest BCUT2D eigenvalue weighted by molar-refractivity contribution is 0.925. The van der Waals surface area contributed by atoms with Crippen molar-refractivity contribution in [1.82, 2.24) is 14.6 Å². The van der Waals surface area contributed by atoms with Gasteiger partial charge in [0.05, 0.1) is 6.20 Å². The standard InChI is InChI=1S/C7H6BrN3/c8-4-6-3-7-9-1-2-11(7)10-5-6/h1-3,5H,4H2. The summed E-state index contributed by atoms with van der Waals surface area (Å²) in [5.74, 6) is 0. The molecule has 11 heavy (non-hydrogen) atoms. The Bertz CT molecular complexity index is 368. The van der Waals surface area contributed by atoms with Gasteiger partial charge in [0.15, 0.2) is 5.65 Å². The third-order valence-electron chi connectivity index (χ3n) is 1.47. The molecule has 0 unspecified atom stereocenters. The van der Waals surface area contributed by atoms with Crippen LogP contribution in [0.15, 0.2) is 24.7 Å². The van der Waals surface area contributed by atoms with Crippen molar-refractivity contribution in [2.45, 2.75) is 5.33 Å². The Balaban J connectivity index is 2.67. The van der Waals surface area contributed by atoms with E-state index in [2.05, 4.69) is 26.0 Å². The molecule has 0 fully saturated rings. The molecule has 4 heteroatoms. The number of hydrogen-bond acceptors (Lipinski definition) is 2. The molecular formula is C7H6BrN3. The topological polar surface area (TPSA) is 30.2 Å². The molecule has 0 saturated heterocycles. The molecule has 0 bridgehead atoms. The Morgan fingerprint density at radius 3 is 3.27 bits per heavy atom. The minimum Gasteiger partial charge on any atom is -0.236 e. The fourth-order valence-electron chi connectivity index (χ4n) is 0.922. The molecule has 0 saturated carbocycles. The minimum absolute atomic E-state index is 0.823. The van der Waals surface area contributed by atoms with Crippen molar-refractivity contribution in [2.75, 3.05) is 0 Å². The Morgan fingerprint density at radius 2 is 2.45 bits per heavy atom. The lowest BCUT2D eigenvalue weighted by Crippen LogP contribution is -1.90. The molecule has 0 atom stereocenters. The summed E-state index contributed by atoms with van der Waals surface area (Å²) in [7, 11) is 0. The summed E-state index contributed by atoms with van der Waals surface area (Å²) < 4.78 is 1.74. The van der Waals surface area contributed by atoms with E-state index in [1.807, 2.05) is 18.5 Å². The molecule has 0 aliphatic carbocycles. The molecule has 0 aromatic carbocycles. The Kier molecular flexibility index (Phi) is 1.62. The first-order chi connectivity index (χ1) is 5.40. The minimum atomic E-state index is 0.823. The van der Waals surface area contributed by atoms with Gasteiger partial charge < -0.3 is 0 Å². The highest BCUT2D eigenvalue weighted by molar-refractivity contribution is 9.08. The normalized spacial score (nSPS) is 10.6. The quantitative estimate of drug-likeness (QED) is 0.672. The zero-order chi connectivity index (χ0) is 7.68. The largest absolute Gasteiger partial charge is 0.236 e. The van der Waals surface area contributed by atoms with Crippen molar-refractivity contribution in [3.05, 3.63) is 30.2 Å². The molecule has 2 aromatic heterocycles. The van der Waals surface area contributed by atoms with Crippen molar-refractivity contribution in [2.24, 2.45) is 0 Å². The van der Waals surface area contributed by atoms with E-state index >= 15 is 0 Å². The predicted molar refractivity (Wildman–Crippen MR) is 45.6 cm³/mol. The lowest BCUT2D eigenvalue weighted by atomic mass is 10.3. The van der Waals surface area contributed by atoms with Gasteiger partial charge in [-0.05, 0) is 11.6 Å². The van der Waals surface area contributed by atoms with Gasteiger partial charge >= 0.3 is 0 Å². The maximum atomic E-state index is 4.14. The first kappa shape index (κ1) is 6.79. The van der Waals surface area contributed by atoms with Gasteiger partial charge in [-0.1, -0.05) is 15.9 Å². The second-order valence-corrected chi connectivity index (χ2v) is 2.79. The van der Waals surface area contributed by atoms with Gasteiger partial charge in [0.25, 0.3) is 0 Å². The fourth-order valence-corrected chi connectivity index (χ4v) is 1.23. The van der Waals surface area contributed by atoms with E-state index in [9.17, 15) is 0 Å². The molecule has 2 aromatic rings. The van der Waals surface area contributed by atoms with Crippen LogP contribution in [-0.2, 0) is 5.33 Å². The zero-order valence-electron chi connectivity index (χ0n) is 5.74. The number of rotatable bonds is 1. The molecular weight excluding hydrogens is 206 g/mol. The summed E-state index contributed by atoms with van der Waals surface area (Å²) in [4.78, 5) is 4.11. The maximum Gasteiger partial charge on any atom is 0.153 e. The van der Waals surface area contributed by atoms with Crippen molar-refractivity contribution < 1.29 is 0 Å². The summed E-state index contributed by atoms with van der Waals surface area (Å²) in [6.45, 7) is 0. The summed E-state index contributed by atoms with van der Waals surface area (Å²) >= 11 is 3.35. The number of nitrogens with zero attached hydrogens (tertiary/aromatic N) is 3. The smallest absolute Gasteiger partial charge is 0.153 e. The number of hydrogen-bond donors (Lipinski definition) is 0. The van der Waals surface area contributed by atoms with Gasteiger partial charge in [0, 0.05) is 17.7 Å². The van der Waals surface area contributed by atoms with E-state index < -0.39 is 0 Å². The maximum absolute atomic E-state index is 4.14. The van der Waals surface area contributed by atoms with E-state index in [4.69, 9.17) is 0 Å². The lowest BCUT2D eigenvalue weighted by Gasteiger charge is -1.94. The second-order valence-electron chi connectivity index (χ2n) is 2.23. The van der Waals surface area contributed by atoms with Gasteiger partial charge in [0.1, 0.15) is 0 Å². The summed E-state index contributed by atoms with van der Waals surface area (Å²) in [6.07, 6.45) is 5.39. The van der Waals surface area contributed by atoms with Gasteiger partial charge in [-0.3, -0.25) is 0 Å². The van der Waals surface area contributed by atoms with E-state index in [1.54, 1.807) is 10.7 Å². The second kappa shape index (κ2) is 2.62. The molecule has 2 heterocycles. The Morgan fingerprint density at radius 1 is 1.55 bits per heavy atom. The van der Waals surface area contributed by atoms with Gasteiger partial charge in [0.2, 0.25) is 0 Å².